The minimum atomic E-state index is -3.16. The van der Waals surface area contributed by atoms with Crippen LogP contribution in [0.5, 0.6) is 0 Å². The number of furan rings is 1. The summed E-state index contributed by atoms with van der Waals surface area (Å²) >= 11 is 0. The molecular weight excluding hydrogens is 368 g/mol. The summed E-state index contributed by atoms with van der Waals surface area (Å²) in [5.74, 6) is -0.385. The highest BCUT2D eigenvalue weighted by atomic mass is 32.2. The molecule has 8 heteroatoms. The van der Waals surface area contributed by atoms with E-state index in [9.17, 15) is 13.2 Å². The van der Waals surface area contributed by atoms with Gasteiger partial charge in [0, 0.05) is 42.8 Å². The van der Waals surface area contributed by atoms with Gasteiger partial charge in [0.1, 0.15) is 5.58 Å². The molecule has 0 bridgehead atoms. The third kappa shape index (κ3) is 3.68. The number of rotatable bonds is 5. The lowest BCUT2D eigenvalue weighted by atomic mass is 9.98. The van der Waals surface area contributed by atoms with E-state index in [0.717, 1.165) is 36.0 Å². The molecule has 0 spiro atoms. The van der Waals surface area contributed by atoms with E-state index in [0.29, 0.717) is 24.2 Å². The quantitative estimate of drug-likeness (QED) is 0.726. The van der Waals surface area contributed by atoms with Gasteiger partial charge in [0.05, 0.1) is 25.2 Å². The van der Waals surface area contributed by atoms with Crippen molar-refractivity contribution in [2.75, 3.05) is 37.9 Å². The van der Waals surface area contributed by atoms with Crippen molar-refractivity contribution in [3.63, 3.8) is 0 Å². The Bertz CT molecular complexity index is 942. The van der Waals surface area contributed by atoms with Crippen LogP contribution in [0.4, 0.5) is 5.69 Å². The van der Waals surface area contributed by atoms with Crippen LogP contribution in [0, 0.1) is 6.92 Å². The SMILES string of the molecule is CCN(c1cc2occc2c(C(=O)OC)c1C)C1CCN(S(C)(=O)=O)CC1. The second kappa shape index (κ2) is 7.52. The number of hydrogen-bond donors (Lipinski definition) is 0. The van der Waals surface area contributed by atoms with Crippen LogP contribution in [0.15, 0.2) is 22.8 Å². The van der Waals surface area contributed by atoms with E-state index in [2.05, 4.69) is 11.8 Å². The minimum absolute atomic E-state index is 0.199. The third-order valence-electron chi connectivity index (χ3n) is 5.36. The first-order valence-electron chi connectivity index (χ1n) is 9.08. The normalized spacial score (nSPS) is 16.6. The van der Waals surface area contributed by atoms with Gasteiger partial charge in [-0.05, 0) is 38.3 Å². The maximum Gasteiger partial charge on any atom is 0.338 e. The fraction of sp³-hybridized carbons (Fsp3) is 0.526. The molecule has 2 heterocycles. The van der Waals surface area contributed by atoms with Gasteiger partial charge < -0.3 is 14.1 Å². The average Bonchev–Trinajstić information content (AvgIpc) is 3.10. The van der Waals surface area contributed by atoms with Gasteiger partial charge in [0.25, 0.3) is 0 Å². The standard InChI is InChI=1S/C19H26N2O5S/c1-5-21(14-6-9-20(10-7-14)27(4,23)24)16-12-17-15(8-11-26-17)18(13(16)2)19(22)25-3/h8,11-12,14H,5-7,9-10H2,1-4H3. The lowest BCUT2D eigenvalue weighted by molar-refractivity contribution is 0.0602. The van der Waals surface area contributed by atoms with Gasteiger partial charge in [0.2, 0.25) is 10.0 Å². The summed E-state index contributed by atoms with van der Waals surface area (Å²) in [7, 11) is -1.78. The highest BCUT2D eigenvalue weighted by molar-refractivity contribution is 7.88. The molecule has 3 rings (SSSR count). The highest BCUT2D eigenvalue weighted by Gasteiger charge is 2.30. The molecule has 0 atom stereocenters. The van der Waals surface area contributed by atoms with E-state index in [1.807, 2.05) is 13.0 Å². The smallest absolute Gasteiger partial charge is 0.338 e. The molecule has 148 valence electrons. The Morgan fingerprint density at radius 1 is 1.37 bits per heavy atom. The Labute approximate surface area is 159 Å². The highest BCUT2D eigenvalue weighted by Crippen LogP contribution is 2.35. The number of fused-ring (bicyclic) bond motifs is 1. The van der Waals surface area contributed by atoms with Crippen molar-refractivity contribution in [1.29, 1.82) is 0 Å². The van der Waals surface area contributed by atoms with Crippen LogP contribution in [0.1, 0.15) is 35.7 Å². The lowest BCUT2D eigenvalue weighted by Crippen LogP contribution is -2.46. The molecule has 7 nitrogen and oxygen atoms in total. The zero-order chi connectivity index (χ0) is 19.8. The fourth-order valence-corrected chi connectivity index (χ4v) is 4.85. The molecule has 1 aliphatic rings. The molecule has 0 saturated carbocycles. The number of ether oxygens (including phenoxy) is 1. The van der Waals surface area contributed by atoms with Gasteiger partial charge in [-0.1, -0.05) is 0 Å². The predicted octanol–water partition coefficient (Wildman–Crippen LogP) is 2.78. The molecule has 0 aliphatic carbocycles. The zero-order valence-corrected chi connectivity index (χ0v) is 17.0. The van der Waals surface area contributed by atoms with E-state index in [1.54, 1.807) is 12.3 Å². The van der Waals surface area contributed by atoms with Crippen LogP contribution < -0.4 is 4.90 Å². The van der Waals surface area contributed by atoms with Crippen molar-refractivity contribution >= 4 is 32.6 Å². The van der Waals surface area contributed by atoms with Crippen molar-refractivity contribution in [3.8, 4) is 0 Å². The Morgan fingerprint density at radius 2 is 2.04 bits per heavy atom. The van der Waals surface area contributed by atoms with Gasteiger partial charge in [0.15, 0.2) is 0 Å². The molecule has 0 radical (unpaired) electrons. The molecule has 1 aliphatic heterocycles. The van der Waals surface area contributed by atoms with E-state index >= 15 is 0 Å². The van der Waals surface area contributed by atoms with Crippen LogP contribution in [0.3, 0.4) is 0 Å². The van der Waals surface area contributed by atoms with Crippen LogP contribution in [-0.2, 0) is 14.8 Å². The summed E-state index contributed by atoms with van der Waals surface area (Å²) in [6.07, 6.45) is 4.30. The molecule has 1 fully saturated rings. The largest absolute Gasteiger partial charge is 0.465 e. The van der Waals surface area contributed by atoms with Crippen molar-refractivity contribution in [2.45, 2.75) is 32.7 Å². The lowest BCUT2D eigenvalue weighted by Gasteiger charge is -2.39. The fourth-order valence-electron chi connectivity index (χ4n) is 3.98. The summed E-state index contributed by atoms with van der Waals surface area (Å²) in [4.78, 5) is 14.6. The number of carbonyl (C=O) groups excluding carboxylic acids is 1. The third-order valence-corrected chi connectivity index (χ3v) is 6.67. The maximum absolute atomic E-state index is 12.4. The zero-order valence-electron chi connectivity index (χ0n) is 16.2. The number of carbonyl (C=O) groups is 1. The predicted molar refractivity (Wildman–Crippen MR) is 105 cm³/mol. The number of sulfonamides is 1. The van der Waals surface area contributed by atoms with Crippen LogP contribution in [0.2, 0.25) is 0 Å². The molecule has 0 amide bonds. The maximum atomic E-state index is 12.4. The first kappa shape index (κ1) is 19.7. The molecule has 1 aromatic heterocycles. The molecule has 1 saturated heterocycles. The monoisotopic (exact) mass is 394 g/mol. The molecule has 0 unspecified atom stereocenters. The van der Waals surface area contributed by atoms with Gasteiger partial charge in [-0.25, -0.2) is 17.5 Å². The summed E-state index contributed by atoms with van der Waals surface area (Å²) in [5.41, 5.74) is 2.94. The number of esters is 1. The number of nitrogens with zero attached hydrogens (tertiary/aromatic N) is 2. The van der Waals surface area contributed by atoms with Crippen molar-refractivity contribution in [1.82, 2.24) is 4.31 Å². The second-order valence-electron chi connectivity index (χ2n) is 6.90. The number of hydrogen-bond acceptors (Lipinski definition) is 6. The number of benzene rings is 1. The Morgan fingerprint density at radius 3 is 2.59 bits per heavy atom. The summed E-state index contributed by atoms with van der Waals surface area (Å²) in [5, 5.41) is 0.742. The average molecular weight is 394 g/mol. The van der Waals surface area contributed by atoms with Gasteiger partial charge >= 0.3 is 5.97 Å². The van der Waals surface area contributed by atoms with Gasteiger partial charge in [-0.3, -0.25) is 0 Å². The van der Waals surface area contributed by atoms with E-state index in [-0.39, 0.29) is 12.0 Å². The van der Waals surface area contributed by atoms with E-state index in [1.165, 1.54) is 17.7 Å². The summed E-state index contributed by atoms with van der Waals surface area (Å²) < 4.78 is 35.6. The van der Waals surface area contributed by atoms with Crippen molar-refractivity contribution in [2.24, 2.45) is 0 Å². The van der Waals surface area contributed by atoms with Crippen molar-refractivity contribution in [3.05, 3.63) is 29.5 Å². The Balaban J connectivity index is 1.98. The van der Waals surface area contributed by atoms with Crippen LogP contribution >= 0.6 is 0 Å². The number of methoxy groups -OCH3 is 1. The van der Waals surface area contributed by atoms with Crippen molar-refractivity contribution < 1.29 is 22.4 Å². The molecule has 2 aromatic rings. The molecular formula is C19H26N2O5S. The van der Waals surface area contributed by atoms with E-state index in [4.69, 9.17) is 9.15 Å². The van der Waals surface area contributed by atoms with E-state index < -0.39 is 10.0 Å². The first-order valence-corrected chi connectivity index (χ1v) is 10.9. The summed E-state index contributed by atoms with van der Waals surface area (Å²) in [6, 6.07) is 3.94. The second-order valence-corrected chi connectivity index (χ2v) is 8.88. The van der Waals surface area contributed by atoms with Gasteiger partial charge in [-0.2, -0.15) is 0 Å². The van der Waals surface area contributed by atoms with Crippen LogP contribution in [0.25, 0.3) is 11.0 Å². The number of anilines is 1. The Kier molecular flexibility index (Phi) is 5.48. The minimum Gasteiger partial charge on any atom is -0.465 e. The van der Waals surface area contributed by atoms with Gasteiger partial charge in [-0.15, -0.1) is 0 Å². The molecule has 0 N–H and O–H groups in total. The molecule has 1 aromatic carbocycles. The Hall–Kier alpha value is -2.06. The molecule has 27 heavy (non-hydrogen) atoms. The number of piperidine rings is 1. The first-order chi connectivity index (χ1) is 12.8. The summed E-state index contributed by atoms with van der Waals surface area (Å²) in [6.45, 7) is 5.74. The topological polar surface area (TPSA) is 80.1 Å². The van der Waals surface area contributed by atoms with Crippen LogP contribution in [-0.4, -0.2) is 57.7 Å².